The maximum absolute atomic E-state index is 12.0. The summed E-state index contributed by atoms with van der Waals surface area (Å²) in [5.74, 6) is 0.507. The first kappa shape index (κ1) is 17.8. The van der Waals surface area contributed by atoms with Gasteiger partial charge in [0, 0.05) is 13.1 Å². The minimum atomic E-state index is -0.721. The number of benzene rings is 1. The smallest absolute Gasteiger partial charge is 0.329 e. The predicted octanol–water partition coefficient (Wildman–Crippen LogP) is 1.41. The number of rotatable bonds is 4. The van der Waals surface area contributed by atoms with Gasteiger partial charge in [0.1, 0.15) is 0 Å². The van der Waals surface area contributed by atoms with Crippen molar-refractivity contribution in [3.05, 3.63) is 23.8 Å². The first-order chi connectivity index (χ1) is 11.5. The van der Waals surface area contributed by atoms with Gasteiger partial charge in [-0.3, -0.25) is 9.59 Å². The quantitative estimate of drug-likeness (QED) is 0.513. The maximum Gasteiger partial charge on any atom is 0.329 e. The number of nitrogens with one attached hydrogen (secondary N) is 1. The Labute approximate surface area is 141 Å². The lowest BCUT2D eigenvalue weighted by Crippen LogP contribution is -2.45. The summed E-state index contributed by atoms with van der Waals surface area (Å²) in [6.45, 7) is 3.38. The molecule has 0 atom stereocenters. The Morgan fingerprint density at radius 1 is 1.21 bits per heavy atom. The van der Waals surface area contributed by atoms with Crippen molar-refractivity contribution in [1.82, 2.24) is 10.3 Å². The third kappa shape index (κ3) is 4.47. The van der Waals surface area contributed by atoms with Crippen molar-refractivity contribution in [3.8, 4) is 11.5 Å². The molecule has 7 heteroatoms. The first-order valence-electron chi connectivity index (χ1n) is 7.89. The zero-order chi connectivity index (χ0) is 17.5. The van der Waals surface area contributed by atoms with Crippen molar-refractivity contribution in [2.24, 2.45) is 11.0 Å². The molecule has 0 unspecified atom stereocenters. The summed E-state index contributed by atoms with van der Waals surface area (Å²) in [7, 11) is 3.09. The number of methoxy groups -OCH3 is 2. The number of amides is 2. The van der Waals surface area contributed by atoms with E-state index in [-0.39, 0.29) is 0 Å². The third-order valence-corrected chi connectivity index (χ3v) is 4.05. The summed E-state index contributed by atoms with van der Waals surface area (Å²) in [5.41, 5.74) is 2.99. The van der Waals surface area contributed by atoms with Gasteiger partial charge in [-0.15, -0.1) is 0 Å². The second-order valence-electron chi connectivity index (χ2n) is 5.79. The van der Waals surface area contributed by atoms with Crippen LogP contribution in [0.1, 0.15) is 25.3 Å². The van der Waals surface area contributed by atoms with Gasteiger partial charge >= 0.3 is 11.8 Å². The normalized spacial score (nSPS) is 15.4. The average molecular weight is 333 g/mol. The lowest BCUT2D eigenvalue weighted by atomic mass is 9.99. The molecule has 0 radical (unpaired) electrons. The fourth-order valence-corrected chi connectivity index (χ4v) is 2.50. The molecule has 0 spiro atoms. The van der Waals surface area contributed by atoms with Crippen LogP contribution in [0.4, 0.5) is 0 Å². The topological polar surface area (TPSA) is 80.2 Å². The van der Waals surface area contributed by atoms with Crippen LogP contribution in [-0.2, 0) is 9.59 Å². The molecule has 0 bridgehead atoms. The van der Waals surface area contributed by atoms with Crippen LogP contribution in [0.5, 0.6) is 11.5 Å². The Kier molecular flexibility index (Phi) is 6.17. The minimum Gasteiger partial charge on any atom is -0.493 e. The molecule has 7 nitrogen and oxygen atoms in total. The monoisotopic (exact) mass is 333 g/mol. The fourth-order valence-electron chi connectivity index (χ4n) is 2.50. The molecule has 0 aromatic heterocycles. The highest BCUT2D eigenvalue weighted by atomic mass is 16.5. The van der Waals surface area contributed by atoms with Gasteiger partial charge in [-0.25, -0.2) is 5.43 Å². The highest BCUT2D eigenvalue weighted by molar-refractivity contribution is 6.35. The van der Waals surface area contributed by atoms with Crippen LogP contribution in [0.25, 0.3) is 0 Å². The average Bonchev–Trinajstić information content (AvgIpc) is 2.61. The predicted molar refractivity (Wildman–Crippen MR) is 90.3 cm³/mol. The molecule has 1 saturated heterocycles. The summed E-state index contributed by atoms with van der Waals surface area (Å²) in [5, 5.41) is 3.83. The van der Waals surface area contributed by atoms with Crippen LogP contribution in [0.3, 0.4) is 0 Å². The van der Waals surface area contributed by atoms with Gasteiger partial charge in [-0.1, -0.05) is 6.92 Å². The lowest BCUT2D eigenvalue weighted by molar-refractivity contribution is -0.146. The molecule has 1 fully saturated rings. The van der Waals surface area contributed by atoms with E-state index in [4.69, 9.17) is 9.47 Å². The highest BCUT2D eigenvalue weighted by Crippen LogP contribution is 2.26. The Morgan fingerprint density at radius 3 is 2.50 bits per heavy atom. The number of carbonyl (C=O) groups excluding carboxylic acids is 2. The Morgan fingerprint density at radius 2 is 1.88 bits per heavy atom. The van der Waals surface area contributed by atoms with Crippen molar-refractivity contribution < 1.29 is 19.1 Å². The molecular formula is C17H23N3O4. The molecule has 1 aromatic carbocycles. The SMILES string of the molecule is COc1ccc(C=NNC(=O)C(=O)N2CCC(C)CC2)cc1OC. The van der Waals surface area contributed by atoms with E-state index in [9.17, 15) is 9.59 Å². The van der Waals surface area contributed by atoms with Gasteiger partial charge in [0.15, 0.2) is 11.5 Å². The standard InChI is InChI=1S/C17H23N3O4/c1-12-6-8-20(9-7-12)17(22)16(21)19-18-11-13-4-5-14(23-2)15(10-13)24-3/h4-5,10-12H,6-9H2,1-3H3,(H,19,21). The number of ether oxygens (including phenoxy) is 2. The minimum absolute atomic E-state index is 0.536. The molecule has 1 aromatic rings. The van der Waals surface area contributed by atoms with Crippen LogP contribution in [0.15, 0.2) is 23.3 Å². The Balaban J connectivity index is 1.91. The maximum atomic E-state index is 12.0. The second-order valence-corrected chi connectivity index (χ2v) is 5.79. The van der Waals surface area contributed by atoms with E-state index in [2.05, 4.69) is 17.5 Å². The number of piperidine rings is 1. The van der Waals surface area contributed by atoms with Crippen LogP contribution in [0, 0.1) is 5.92 Å². The highest BCUT2D eigenvalue weighted by Gasteiger charge is 2.25. The molecule has 1 aliphatic heterocycles. The van der Waals surface area contributed by atoms with Gasteiger partial charge in [-0.2, -0.15) is 5.10 Å². The van der Waals surface area contributed by atoms with E-state index < -0.39 is 11.8 Å². The second kappa shape index (κ2) is 8.33. The molecular weight excluding hydrogens is 310 g/mol. The van der Waals surface area contributed by atoms with Crippen LogP contribution in [0.2, 0.25) is 0 Å². The van der Waals surface area contributed by atoms with Gasteiger partial charge in [0.05, 0.1) is 20.4 Å². The van der Waals surface area contributed by atoms with Gasteiger partial charge in [-0.05, 0) is 42.5 Å². The van der Waals surface area contributed by atoms with E-state index in [0.717, 1.165) is 12.8 Å². The molecule has 1 heterocycles. The summed E-state index contributed by atoms with van der Waals surface area (Å²) in [6.07, 6.45) is 3.30. The molecule has 0 saturated carbocycles. The number of hydrogen-bond donors (Lipinski definition) is 1. The van der Waals surface area contributed by atoms with Crippen molar-refractivity contribution in [1.29, 1.82) is 0 Å². The summed E-state index contributed by atoms with van der Waals surface area (Å²) in [4.78, 5) is 25.5. The zero-order valence-electron chi connectivity index (χ0n) is 14.2. The number of carbonyl (C=O) groups is 2. The molecule has 2 amide bonds. The largest absolute Gasteiger partial charge is 0.493 e. The zero-order valence-corrected chi connectivity index (χ0v) is 14.2. The van der Waals surface area contributed by atoms with Gasteiger partial charge in [0.25, 0.3) is 0 Å². The molecule has 130 valence electrons. The summed E-state index contributed by atoms with van der Waals surface area (Å²) < 4.78 is 10.3. The first-order valence-corrected chi connectivity index (χ1v) is 7.89. The Bertz CT molecular complexity index is 622. The molecule has 0 aliphatic carbocycles. The summed E-state index contributed by atoms with van der Waals surface area (Å²) >= 11 is 0. The van der Waals surface area contributed by atoms with Crippen LogP contribution in [-0.4, -0.2) is 50.2 Å². The summed E-state index contributed by atoms with van der Waals surface area (Å²) in [6, 6.07) is 5.23. The lowest BCUT2D eigenvalue weighted by Gasteiger charge is -2.29. The molecule has 24 heavy (non-hydrogen) atoms. The van der Waals surface area contributed by atoms with Crippen molar-refractivity contribution in [3.63, 3.8) is 0 Å². The number of hydrazone groups is 1. The molecule has 1 N–H and O–H groups in total. The van der Waals surface area contributed by atoms with E-state index in [1.54, 1.807) is 37.3 Å². The fraction of sp³-hybridized carbons (Fsp3) is 0.471. The van der Waals surface area contributed by atoms with Crippen molar-refractivity contribution >= 4 is 18.0 Å². The van der Waals surface area contributed by atoms with Crippen LogP contribution >= 0.6 is 0 Å². The van der Waals surface area contributed by atoms with Gasteiger partial charge in [0.2, 0.25) is 0 Å². The van der Waals surface area contributed by atoms with E-state index in [1.807, 2.05) is 0 Å². The number of hydrogen-bond acceptors (Lipinski definition) is 5. The molecule has 1 aliphatic rings. The van der Waals surface area contributed by atoms with E-state index in [1.165, 1.54) is 6.21 Å². The van der Waals surface area contributed by atoms with Crippen molar-refractivity contribution in [2.75, 3.05) is 27.3 Å². The number of nitrogens with zero attached hydrogens (tertiary/aromatic N) is 2. The van der Waals surface area contributed by atoms with E-state index in [0.29, 0.717) is 36.1 Å². The number of likely N-dealkylation sites (tertiary alicyclic amines) is 1. The van der Waals surface area contributed by atoms with Gasteiger partial charge < -0.3 is 14.4 Å². The Hall–Kier alpha value is -2.57. The van der Waals surface area contributed by atoms with Crippen molar-refractivity contribution in [2.45, 2.75) is 19.8 Å². The molecule has 2 rings (SSSR count). The van der Waals surface area contributed by atoms with E-state index >= 15 is 0 Å². The van der Waals surface area contributed by atoms with Crippen LogP contribution < -0.4 is 14.9 Å². The third-order valence-electron chi connectivity index (χ3n) is 4.05.